The summed E-state index contributed by atoms with van der Waals surface area (Å²) in [4.78, 5) is 2.16. The molecule has 0 spiro atoms. The molecule has 3 unspecified atom stereocenters. The maximum absolute atomic E-state index is 9.27. The molecule has 0 amide bonds. The highest BCUT2D eigenvalue weighted by Gasteiger charge is 2.29. The Bertz CT molecular complexity index is 168. The van der Waals surface area contributed by atoms with Crippen LogP contribution in [0.25, 0.3) is 0 Å². The summed E-state index contributed by atoms with van der Waals surface area (Å²) in [5.41, 5.74) is 6.00. The summed E-state index contributed by atoms with van der Waals surface area (Å²) in [6.45, 7) is 3.12. The van der Waals surface area contributed by atoms with Crippen molar-refractivity contribution >= 4 is 11.6 Å². The molecule has 0 saturated carbocycles. The van der Waals surface area contributed by atoms with E-state index in [1.807, 2.05) is 0 Å². The molecule has 1 heterocycles. The molecule has 1 saturated heterocycles. The van der Waals surface area contributed by atoms with Crippen molar-refractivity contribution in [1.82, 2.24) is 4.90 Å². The normalized spacial score (nSPS) is 31.7. The van der Waals surface area contributed by atoms with Crippen molar-refractivity contribution in [3.63, 3.8) is 0 Å². The van der Waals surface area contributed by atoms with Crippen molar-refractivity contribution in [3.05, 3.63) is 0 Å². The molecule has 4 heteroatoms. The Morgan fingerprint density at radius 3 is 2.86 bits per heavy atom. The fourth-order valence-electron chi connectivity index (χ4n) is 2.09. The van der Waals surface area contributed by atoms with Gasteiger partial charge in [-0.15, -0.1) is 11.6 Å². The number of nitrogens with zero attached hydrogens (tertiary/aromatic N) is 1. The van der Waals surface area contributed by atoms with E-state index in [1.54, 1.807) is 0 Å². The van der Waals surface area contributed by atoms with Crippen LogP contribution in [0.2, 0.25) is 0 Å². The van der Waals surface area contributed by atoms with Crippen molar-refractivity contribution < 1.29 is 5.11 Å². The molecule has 0 aromatic rings. The third-order valence-corrected chi connectivity index (χ3v) is 3.27. The highest BCUT2D eigenvalue weighted by molar-refractivity contribution is 6.20. The van der Waals surface area contributed by atoms with Crippen LogP contribution in [0, 0.1) is 0 Å². The Balaban J connectivity index is 2.52. The zero-order valence-electron chi connectivity index (χ0n) is 8.82. The second-order valence-corrected chi connectivity index (χ2v) is 4.68. The third-order valence-electron chi connectivity index (χ3n) is 2.91. The van der Waals surface area contributed by atoms with Crippen LogP contribution in [0.1, 0.15) is 32.6 Å². The van der Waals surface area contributed by atoms with Crippen LogP contribution < -0.4 is 5.73 Å². The van der Waals surface area contributed by atoms with Gasteiger partial charge in [-0.1, -0.05) is 13.3 Å². The summed E-state index contributed by atoms with van der Waals surface area (Å²) >= 11 is 6.10. The van der Waals surface area contributed by atoms with Gasteiger partial charge in [0.05, 0.1) is 12.8 Å². The molecular formula is C10H21ClN2O. The van der Waals surface area contributed by atoms with Crippen LogP contribution in [0.4, 0.5) is 0 Å². The van der Waals surface area contributed by atoms with E-state index in [2.05, 4.69) is 11.8 Å². The van der Waals surface area contributed by atoms with Crippen molar-refractivity contribution in [2.24, 2.45) is 5.73 Å². The maximum Gasteiger partial charge on any atom is 0.0587 e. The van der Waals surface area contributed by atoms with Gasteiger partial charge in [-0.25, -0.2) is 0 Å². The summed E-state index contributed by atoms with van der Waals surface area (Å²) in [6, 6.07) is 0.191. The first-order chi connectivity index (χ1) is 6.69. The van der Waals surface area contributed by atoms with E-state index in [1.165, 1.54) is 0 Å². The average molecular weight is 221 g/mol. The minimum atomic E-state index is 0.0775. The summed E-state index contributed by atoms with van der Waals surface area (Å²) in [5, 5.41) is 9.47. The Hall–Kier alpha value is 0.170. The molecular weight excluding hydrogens is 200 g/mol. The molecule has 1 aliphatic rings. The van der Waals surface area contributed by atoms with Gasteiger partial charge in [0, 0.05) is 18.0 Å². The predicted molar refractivity (Wildman–Crippen MR) is 59.3 cm³/mol. The highest BCUT2D eigenvalue weighted by atomic mass is 35.5. The molecule has 1 aliphatic heterocycles. The van der Waals surface area contributed by atoms with Crippen LogP contribution in [0.3, 0.4) is 0 Å². The number of likely N-dealkylation sites (tertiary alicyclic amines) is 1. The van der Waals surface area contributed by atoms with E-state index < -0.39 is 0 Å². The second kappa shape index (κ2) is 5.91. The fourth-order valence-corrected chi connectivity index (χ4v) is 2.37. The number of aliphatic hydroxyl groups excluding tert-OH is 1. The van der Waals surface area contributed by atoms with Crippen molar-refractivity contribution in [3.8, 4) is 0 Å². The molecule has 3 atom stereocenters. The van der Waals surface area contributed by atoms with Crippen LogP contribution in [-0.2, 0) is 0 Å². The molecule has 0 aromatic carbocycles. The van der Waals surface area contributed by atoms with Gasteiger partial charge in [-0.05, 0) is 19.3 Å². The van der Waals surface area contributed by atoms with Gasteiger partial charge < -0.3 is 10.8 Å². The molecule has 14 heavy (non-hydrogen) atoms. The van der Waals surface area contributed by atoms with Crippen molar-refractivity contribution in [2.45, 2.75) is 50.2 Å². The molecule has 0 aromatic heterocycles. The van der Waals surface area contributed by atoms with Gasteiger partial charge in [-0.2, -0.15) is 0 Å². The average Bonchev–Trinajstić information content (AvgIpc) is 2.18. The fraction of sp³-hybridized carbons (Fsp3) is 1.00. The molecule has 0 bridgehead atoms. The van der Waals surface area contributed by atoms with E-state index in [0.717, 1.165) is 32.2 Å². The third kappa shape index (κ3) is 3.09. The predicted octanol–water partition coefficient (Wildman–Crippen LogP) is 1.14. The van der Waals surface area contributed by atoms with Crippen LogP contribution in [0.15, 0.2) is 0 Å². The van der Waals surface area contributed by atoms with E-state index in [4.69, 9.17) is 17.3 Å². The minimum absolute atomic E-state index is 0.0775. The molecule has 3 nitrogen and oxygen atoms in total. The lowest BCUT2D eigenvalue weighted by molar-refractivity contribution is 0.0562. The second-order valence-electron chi connectivity index (χ2n) is 4.06. The number of hydrogen-bond donors (Lipinski definition) is 2. The van der Waals surface area contributed by atoms with Gasteiger partial charge in [0.25, 0.3) is 0 Å². The van der Waals surface area contributed by atoms with Gasteiger partial charge in [0.15, 0.2) is 0 Å². The first-order valence-electron chi connectivity index (χ1n) is 5.45. The standard InChI is InChI=1S/C10H21ClN2O/c1-2-3-9(7-14)13-6-8(11)4-5-10(13)12/h8-10,14H,2-7,12H2,1H3. The van der Waals surface area contributed by atoms with Gasteiger partial charge in [0.1, 0.15) is 0 Å². The molecule has 1 rings (SSSR count). The Labute approximate surface area is 91.2 Å². The zero-order chi connectivity index (χ0) is 10.6. The number of piperidine rings is 1. The topological polar surface area (TPSA) is 49.5 Å². The van der Waals surface area contributed by atoms with E-state index in [0.29, 0.717) is 0 Å². The smallest absolute Gasteiger partial charge is 0.0587 e. The van der Waals surface area contributed by atoms with Crippen LogP contribution in [-0.4, -0.2) is 40.7 Å². The van der Waals surface area contributed by atoms with Crippen LogP contribution in [0.5, 0.6) is 0 Å². The summed E-state index contributed by atoms with van der Waals surface area (Å²) in [5.74, 6) is 0. The highest BCUT2D eigenvalue weighted by Crippen LogP contribution is 2.22. The Kier molecular flexibility index (Phi) is 5.17. The SMILES string of the molecule is CCCC(CO)N1CC(Cl)CCC1N. The summed E-state index contributed by atoms with van der Waals surface area (Å²) < 4.78 is 0. The lowest BCUT2D eigenvalue weighted by Gasteiger charge is -2.40. The zero-order valence-corrected chi connectivity index (χ0v) is 9.58. The van der Waals surface area contributed by atoms with Gasteiger partial charge in [-0.3, -0.25) is 4.90 Å². The number of hydrogen-bond acceptors (Lipinski definition) is 3. The van der Waals surface area contributed by atoms with Crippen LogP contribution >= 0.6 is 11.6 Å². The van der Waals surface area contributed by atoms with Crippen molar-refractivity contribution in [2.75, 3.05) is 13.2 Å². The Morgan fingerprint density at radius 1 is 1.57 bits per heavy atom. The number of aliphatic hydroxyl groups is 1. The van der Waals surface area contributed by atoms with E-state index in [9.17, 15) is 5.11 Å². The largest absolute Gasteiger partial charge is 0.395 e. The van der Waals surface area contributed by atoms with E-state index >= 15 is 0 Å². The van der Waals surface area contributed by atoms with Crippen molar-refractivity contribution in [1.29, 1.82) is 0 Å². The molecule has 0 radical (unpaired) electrons. The monoisotopic (exact) mass is 220 g/mol. The quantitative estimate of drug-likeness (QED) is 0.699. The summed E-state index contributed by atoms with van der Waals surface area (Å²) in [6.07, 6.45) is 4.07. The first-order valence-corrected chi connectivity index (χ1v) is 5.89. The van der Waals surface area contributed by atoms with Gasteiger partial charge >= 0.3 is 0 Å². The van der Waals surface area contributed by atoms with Gasteiger partial charge in [0.2, 0.25) is 0 Å². The minimum Gasteiger partial charge on any atom is -0.395 e. The molecule has 0 aliphatic carbocycles. The lowest BCUT2D eigenvalue weighted by atomic mass is 10.0. The molecule has 84 valence electrons. The number of halogens is 1. The number of rotatable bonds is 4. The van der Waals surface area contributed by atoms with E-state index in [-0.39, 0.29) is 24.2 Å². The molecule has 3 N–H and O–H groups in total. The molecule has 1 fully saturated rings. The maximum atomic E-state index is 9.27. The number of alkyl halides is 1. The Morgan fingerprint density at radius 2 is 2.29 bits per heavy atom. The summed E-state index contributed by atoms with van der Waals surface area (Å²) in [7, 11) is 0. The lowest BCUT2D eigenvalue weighted by Crippen LogP contribution is -2.54. The first kappa shape index (κ1) is 12.2. The number of nitrogens with two attached hydrogens (primary N) is 1.